The molecule has 23 heavy (non-hydrogen) atoms. The van der Waals surface area contributed by atoms with Crippen LogP contribution in [0.25, 0.3) is 0 Å². The summed E-state index contributed by atoms with van der Waals surface area (Å²) in [5.74, 6) is 0.00639. The summed E-state index contributed by atoms with van der Waals surface area (Å²) in [7, 11) is 1.56. The van der Waals surface area contributed by atoms with Gasteiger partial charge in [-0.1, -0.05) is 36.4 Å². The second kappa shape index (κ2) is 8.58. The Labute approximate surface area is 135 Å². The molecule has 0 spiro atoms. The molecular weight excluding hydrogens is 292 g/mol. The molecule has 0 saturated heterocycles. The minimum Gasteiger partial charge on any atom is -0.497 e. The average Bonchev–Trinajstić information content (AvgIpc) is 2.56. The van der Waals surface area contributed by atoms with Gasteiger partial charge in [0.25, 0.3) is 0 Å². The summed E-state index contributed by atoms with van der Waals surface area (Å²) in [5, 5.41) is 5.42. The van der Waals surface area contributed by atoms with Gasteiger partial charge in [-0.05, 0) is 24.1 Å². The summed E-state index contributed by atoms with van der Waals surface area (Å²) < 4.78 is 5.08. The molecule has 5 nitrogen and oxygen atoms in total. The minimum atomic E-state index is -0.351. The molecule has 2 amide bonds. The summed E-state index contributed by atoms with van der Waals surface area (Å²) in [6, 6.07) is 16.9. The number of carbonyl (C=O) groups is 2. The fourth-order valence-electron chi connectivity index (χ4n) is 2.11. The van der Waals surface area contributed by atoms with Crippen LogP contribution in [0.5, 0.6) is 5.75 Å². The number of amides is 2. The van der Waals surface area contributed by atoms with Crippen LogP contribution in [0.3, 0.4) is 0 Å². The van der Waals surface area contributed by atoms with Crippen LogP contribution in [-0.2, 0) is 16.0 Å². The van der Waals surface area contributed by atoms with E-state index in [9.17, 15) is 9.59 Å². The van der Waals surface area contributed by atoms with Crippen molar-refractivity contribution in [2.45, 2.75) is 12.8 Å². The third kappa shape index (κ3) is 5.82. The average molecular weight is 312 g/mol. The van der Waals surface area contributed by atoms with Crippen molar-refractivity contribution in [3.63, 3.8) is 0 Å². The van der Waals surface area contributed by atoms with Gasteiger partial charge >= 0.3 is 0 Å². The maximum atomic E-state index is 11.8. The highest BCUT2D eigenvalue weighted by atomic mass is 16.5. The number of hydrogen-bond acceptors (Lipinski definition) is 3. The van der Waals surface area contributed by atoms with Crippen LogP contribution in [-0.4, -0.2) is 25.5 Å². The topological polar surface area (TPSA) is 67.4 Å². The molecule has 0 unspecified atom stereocenters. The summed E-state index contributed by atoms with van der Waals surface area (Å²) in [5.41, 5.74) is 1.75. The van der Waals surface area contributed by atoms with Crippen molar-refractivity contribution in [1.29, 1.82) is 0 Å². The van der Waals surface area contributed by atoms with Crippen LogP contribution in [0.15, 0.2) is 54.6 Å². The molecule has 0 bridgehead atoms. The van der Waals surface area contributed by atoms with Crippen molar-refractivity contribution >= 4 is 17.5 Å². The van der Waals surface area contributed by atoms with Gasteiger partial charge in [0.05, 0.1) is 7.11 Å². The summed E-state index contributed by atoms with van der Waals surface area (Å²) in [6.45, 7) is 0.509. The van der Waals surface area contributed by atoms with Gasteiger partial charge in [-0.2, -0.15) is 0 Å². The second-order valence-electron chi connectivity index (χ2n) is 5.04. The smallest absolute Gasteiger partial charge is 0.233 e. The standard InChI is InChI=1S/C18H20N2O3/c1-23-16-9-5-8-15(12-16)20-18(22)13-17(21)19-11-10-14-6-3-2-4-7-14/h2-9,12H,10-11,13H2,1H3,(H,19,21)(H,20,22). The summed E-state index contributed by atoms with van der Waals surface area (Å²) in [4.78, 5) is 23.6. The quantitative estimate of drug-likeness (QED) is 0.771. The molecule has 0 heterocycles. The highest BCUT2D eigenvalue weighted by molar-refractivity contribution is 6.03. The molecule has 2 rings (SSSR count). The van der Waals surface area contributed by atoms with Crippen molar-refractivity contribution in [3.05, 3.63) is 60.2 Å². The zero-order valence-corrected chi connectivity index (χ0v) is 13.0. The van der Waals surface area contributed by atoms with E-state index in [1.54, 1.807) is 31.4 Å². The highest BCUT2D eigenvalue weighted by Crippen LogP contribution is 2.16. The molecule has 0 atom stereocenters. The maximum absolute atomic E-state index is 11.8. The van der Waals surface area contributed by atoms with Crippen LogP contribution in [0.1, 0.15) is 12.0 Å². The summed E-state index contributed by atoms with van der Waals surface area (Å²) in [6.07, 6.45) is 0.538. The molecule has 120 valence electrons. The lowest BCUT2D eigenvalue weighted by Crippen LogP contribution is -2.29. The SMILES string of the molecule is COc1cccc(NC(=O)CC(=O)NCCc2ccccc2)c1. The van der Waals surface area contributed by atoms with Crippen LogP contribution < -0.4 is 15.4 Å². The number of hydrogen-bond donors (Lipinski definition) is 2. The van der Waals surface area contributed by atoms with Gasteiger partial charge in [0, 0.05) is 18.3 Å². The van der Waals surface area contributed by atoms with E-state index in [0.717, 1.165) is 12.0 Å². The number of ether oxygens (including phenoxy) is 1. The number of anilines is 1. The van der Waals surface area contributed by atoms with Crippen molar-refractivity contribution in [3.8, 4) is 5.75 Å². The molecule has 0 aliphatic rings. The molecule has 0 aliphatic heterocycles. The maximum Gasteiger partial charge on any atom is 0.233 e. The normalized spacial score (nSPS) is 9.96. The van der Waals surface area contributed by atoms with Gasteiger partial charge < -0.3 is 15.4 Å². The van der Waals surface area contributed by atoms with E-state index in [2.05, 4.69) is 10.6 Å². The molecule has 2 aromatic rings. The minimum absolute atomic E-state index is 0.202. The Balaban J connectivity index is 1.73. The van der Waals surface area contributed by atoms with Gasteiger partial charge in [-0.3, -0.25) is 9.59 Å². The summed E-state index contributed by atoms with van der Waals surface area (Å²) >= 11 is 0. The van der Waals surface area contributed by atoms with Crippen LogP contribution >= 0.6 is 0 Å². The number of carbonyl (C=O) groups excluding carboxylic acids is 2. The first-order valence-corrected chi connectivity index (χ1v) is 7.42. The highest BCUT2D eigenvalue weighted by Gasteiger charge is 2.09. The van der Waals surface area contributed by atoms with Gasteiger partial charge in [0.1, 0.15) is 12.2 Å². The molecule has 0 radical (unpaired) electrons. The number of benzene rings is 2. The van der Waals surface area contributed by atoms with Crippen molar-refractivity contribution in [1.82, 2.24) is 5.32 Å². The Bertz CT molecular complexity index is 656. The predicted molar refractivity (Wildman–Crippen MR) is 89.4 cm³/mol. The molecule has 0 aliphatic carbocycles. The Morgan fingerprint density at radius 1 is 1.00 bits per heavy atom. The second-order valence-corrected chi connectivity index (χ2v) is 5.04. The number of methoxy groups -OCH3 is 1. The molecule has 5 heteroatoms. The molecule has 0 aromatic heterocycles. The van der Waals surface area contributed by atoms with Crippen molar-refractivity contribution < 1.29 is 14.3 Å². The van der Waals surface area contributed by atoms with Gasteiger partial charge in [-0.15, -0.1) is 0 Å². The van der Waals surface area contributed by atoms with E-state index in [4.69, 9.17) is 4.74 Å². The third-order valence-electron chi connectivity index (χ3n) is 3.25. The Hall–Kier alpha value is -2.82. The molecule has 0 fully saturated rings. The van der Waals surface area contributed by atoms with Crippen molar-refractivity contribution in [2.75, 3.05) is 19.0 Å². The lowest BCUT2D eigenvalue weighted by molar-refractivity contribution is -0.126. The number of rotatable bonds is 7. The Morgan fingerprint density at radius 2 is 1.78 bits per heavy atom. The zero-order chi connectivity index (χ0) is 16.5. The third-order valence-corrected chi connectivity index (χ3v) is 3.25. The van der Waals surface area contributed by atoms with Crippen LogP contribution in [0.4, 0.5) is 5.69 Å². The van der Waals surface area contributed by atoms with Crippen molar-refractivity contribution in [2.24, 2.45) is 0 Å². The number of nitrogens with one attached hydrogen (secondary N) is 2. The van der Waals surface area contributed by atoms with E-state index < -0.39 is 0 Å². The van der Waals surface area contributed by atoms with E-state index in [1.165, 1.54) is 0 Å². The Morgan fingerprint density at radius 3 is 2.52 bits per heavy atom. The molecule has 0 saturated carbocycles. The lowest BCUT2D eigenvalue weighted by atomic mass is 10.1. The fourth-order valence-corrected chi connectivity index (χ4v) is 2.11. The zero-order valence-electron chi connectivity index (χ0n) is 13.0. The van der Waals surface area contributed by atoms with Gasteiger partial charge in [-0.25, -0.2) is 0 Å². The monoisotopic (exact) mass is 312 g/mol. The molecule has 2 aromatic carbocycles. The van der Waals surface area contributed by atoms with Gasteiger partial charge in [0.15, 0.2) is 0 Å². The van der Waals surface area contributed by atoms with E-state index >= 15 is 0 Å². The van der Waals surface area contributed by atoms with Crippen LogP contribution in [0, 0.1) is 0 Å². The fraction of sp³-hybridized carbons (Fsp3) is 0.222. The Kier molecular flexibility index (Phi) is 6.17. The largest absolute Gasteiger partial charge is 0.497 e. The van der Waals surface area contributed by atoms with E-state index in [-0.39, 0.29) is 18.2 Å². The molecule has 2 N–H and O–H groups in total. The lowest BCUT2D eigenvalue weighted by Gasteiger charge is -2.08. The first-order valence-electron chi connectivity index (χ1n) is 7.42. The van der Waals surface area contributed by atoms with E-state index in [0.29, 0.717) is 18.0 Å². The first-order chi connectivity index (χ1) is 11.2. The van der Waals surface area contributed by atoms with E-state index in [1.807, 2.05) is 30.3 Å². The van der Waals surface area contributed by atoms with Crippen LogP contribution in [0.2, 0.25) is 0 Å². The predicted octanol–water partition coefficient (Wildman–Crippen LogP) is 2.38. The van der Waals surface area contributed by atoms with Gasteiger partial charge in [0.2, 0.25) is 11.8 Å². The molecular formula is C18H20N2O3. The first kappa shape index (κ1) is 16.5.